The fourth-order valence-corrected chi connectivity index (χ4v) is 2.44. The number of anilines is 1. The Balaban J connectivity index is 1.81. The third kappa shape index (κ3) is 2.94. The van der Waals surface area contributed by atoms with Crippen molar-refractivity contribution in [2.45, 2.75) is 38.8 Å². The van der Waals surface area contributed by atoms with E-state index in [1.807, 2.05) is 42.2 Å². The fraction of sp³-hybridized carbons (Fsp3) is 0.353. The predicted octanol–water partition coefficient (Wildman–Crippen LogP) is 3.23. The zero-order chi connectivity index (χ0) is 14.8. The Morgan fingerprint density at radius 1 is 1.29 bits per heavy atom. The van der Waals surface area contributed by atoms with Crippen molar-refractivity contribution in [1.82, 2.24) is 4.90 Å². The summed E-state index contributed by atoms with van der Waals surface area (Å²) in [6, 6.07) is 11.6. The summed E-state index contributed by atoms with van der Waals surface area (Å²) in [4.78, 5) is 14.5. The van der Waals surface area contributed by atoms with E-state index in [0.717, 1.165) is 36.3 Å². The Bertz CT molecular complexity index is 644. The van der Waals surface area contributed by atoms with Crippen LogP contribution in [0.2, 0.25) is 0 Å². The number of nitrogens with zero attached hydrogens (tertiary/aromatic N) is 1. The average Bonchev–Trinajstić information content (AvgIpc) is 3.22. The predicted molar refractivity (Wildman–Crippen MR) is 81.8 cm³/mol. The number of nitrogens with two attached hydrogens (primary N) is 1. The monoisotopic (exact) mass is 284 g/mol. The largest absolute Gasteiger partial charge is 0.456 e. The van der Waals surface area contributed by atoms with Crippen molar-refractivity contribution in [3.05, 3.63) is 53.5 Å². The van der Waals surface area contributed by atoms with Crippen LogP contribution < -0.4 is 5.73 Å². The molecule has 0 spiro atoms. The molecule has 2 N–H and O–H groups in total. The molecule has 1 aromatic carbocycles. The van der Waals surface area contributed by atoms with E-state index in [9.17, 15) is 4.79 Å². The number of benzene rings is 1. The van der Waals surface area contributed by atoms with E-state index in [-0.39, 0.29) is 5.91 Å². The van der Waals surface area contributed by atoms with Gasteiger partial charge in [-0.05, 0) is 36.6 Å². The highest BCUT2D eigenvalue weighted by Crippen LogP contribution is 2.31. The van der Waals surface area contributed by atoms with Crippen molar-refractivity contribution < 1.29 is 9.21 Å². The number of amides is 1. The van der Waals surface area contributed by atoms with Crippen molar-refractivity contribution in [2.75, 3.05) is 5.73 Å². The highest BCUT2D eigenvalue weighted by molar-refractivity contribution is 5.92. The first-order valence-electron chi connectivity index (χ1n) is 7.42. The lowest BCUT2D eigenvalue weighted by molar-refractivity contribution is 0.0696. The lowest BCUT2D eigenvalue weighted by atomic mass is 10.1. The fourth-order valence-electron chi connectivity index (χ4n) is 2.44. The maximum Gasteiger partial charge on any atom is 0.290 e. The van der Waals surface area contributed by atoms with E-state index in [2.05, 4.69) is 0 Å². The van der Waals surface area contributed by atoms with Crippen LogP contribution in [-0.2, 0) is 13.0 Å². The highest BCUT2D eigenvalue weighted by atomic mass is 16.4. The van der Waals surface area contributed by atoms with Crippen LogP contribution in [0.4, 0.5) is 5.69 Å². The van der Waals surface area contributed by atoms with Gasteiger partial charge in [0.05, 0.1) is 0 Å². The topological polar surface area (TPSA) is 59.5 Å². The molecule has 4 heteroatoms. The quantitative estimate of drug-likeness (QED) is 0.857. The first-order chi connectivity index (χ1) is 10.2. The number of carbonyl (C=O) groups excluding carboxylic acids is 1. The molecule has 2 aromatic rings. The minimum Gasteiger partial charge on any atom is -0.456 e. The molecule has 3 rings (SSSR count). The second-order valence-electron chi connectivity index (χ2n) is 5.48. The molecule has 0 aliphatic heterocycles. The molecule has 1 heterocycles. The van der Waals surface area contributed by atoms with Crippen LogP contribution >= 0.6 is 0 Å². The molecule has 0 bridgehead atoms. The van der Waals surface area contributed by atoms with E-state index >= 15 is 0 Å². The van der Waals surface area contributed by atoms with Crippen molar-refractivity contribution in [3.63, 3.8) is 0 Å². The number of rotatable bonds is 5. The Morgan fingerprint density at radius 2 is 2.05 bits per heavy atom. The van der Waals surface area contributed by atoms with E-state index in [1.165, 1.54) is 0 Å². The molecule has 4 nitrogen and oxygen atoms in total. The van der Waals surface area contributed by atoms with Gasteiger partial charge in [0, 0.05) is 24.7 Å². The summed E-state index contributed by atoms with van der Waals surface area (Å²) in [7, 11) is 0. The van der Waals surface area contributed by atoms with Gasteiger partial charge >= 0.3 is 0 Å². The SMILES string of the molecule is CCc1ccc(C(=O)N(Cc2ccccc2N)C2CC2)o1. The van der Waals surface area contributed by atoms with Gasteiger partial charge < -0.3 is 15.1 Å². The summed E-state index contributed by atoms with van der Waals surface area (Å²) in [5, 5.41) is 0. The van der Waals surface area contributed by atoms with Gasteiger partial charge in [0.1, 0.15) is 5.76 Å². The number of para-hydroxylation sites is 1. The number of furan rings is 1. The Hall–Kier alpha value is -2.23. The summed E-state index contributed by atoms with van der Waals surface area (Å²) in [5.74, 6) is 1.22. The first-order valence-corrected chi connectivity index (χ1v) is 7.42. The minimum atomic E-state index is -0.0412. The Kier molecular flexibility index (Phi) is 3.69. The number of carbonyl (C=O) groups is 1. The van der Waals surface area contributed by atoms with E-state index in [4.69, 9.17) is 10.2 Å². The Labute approximate surface area is 124 Å². The molecule has 1 aromatic heterocycles. The molecule has 0 radical (unpaired) electrons. The lowest BCUT2D eigenvalue weighted by Crippen LogP contribution is -2.32. The van der Waals surface area contributed by atoms with Crippen LogP contribution in [0.3, 0.4) is 0 Å². The van der Waals surface area contributed by atoms with Gasteiger partial charge in [-0.1, -0.05) is 25.1 Å². The molecule has 1 aliphatic rings. The highest BCUT2D eigenvalue weighted by Gasteiger charge is 2.34. The number of nitrogen functional groups attached to an aromatic ring is 1. The third-order valence-corrected chi connectivity index (χ3v) is 3.87. The van der Waals surface area contributed by atoms with Crippen LogP contribution in [0.5, 0.6) is 0 Å². The van der Waals surface area contributed by atoms with Gasteiger partial charge in [-0.15, -0.1) is 0 Å². The normalized spacial score (nSPS) is 14.1. The second-order valence-corrected chi connectivity index (χ2v) is 5.48. The number of hydrogen-bond acceptors (Lipinski definition) is 3. The zero-order valence-corrected chi connectivity index (χ0v) is 12.2. The number of hydrogen-bond donors (Lipinski definition) is 1. The van der Waals surface area contributed by atoms with Crippen LogP contribution in [0.25, 0.3) is 0 Å². The van der Waals surface area contributed by atoms with E-state index < -0.39 is 0 Å². The molecule has 1 amide bonds. The summed E-state index contributed by atoms with van der Waals surface area (Å²) in [6.07, 6.45) is 2.90. The maximum absolute atomic E-state index is 12.7. The molecule has 1 aliphatic carbocycles. The summed E-state index contributed by atoms with van der Waals surface area (Å²) in [5.41, 5.74) is 7.71. The third-order valence-electron chi connectivity index (χ3n) is 3.87. The molecule has 0 atom stereocenters. The van der Waals surface area contributed by atoms with E-state index in [0.29, 0.717) is 18.3 Å². The van der Waals surface area contributed by atoms with Gasteiger partial charge in [0.2, 0.25) is 0 Å². The summed E-state index contributed by atoms with van der Waals surface area (Å²) >= 11 is 0. The smallest absolute Gasteiger partial charge is 0.290 e. The summed E-state index contributed by atoms with van der Waals surface area (Å²) < 4.78 is 5.60. The lowest BCUT2D eigenvalue weighted by Gasteiger charge is -2.22. The molecule has 1 fully saturated rings. The zero-order valence-electron chi connectivity index (χ0n) is 12.2. The Morgan fingerprint density at radius 3 is 2.67 bits per heavy atom. The van der Waals surface area contributed by atoms with Crippen LogP contribution in [0.15, 0.2) is 40.8 Å². The molecule has 110 valence electrons. The molecule has 21 heavy (non-hydrogen) atoms. The van der Waals surface area contributed by atoms with Crippen molar-refractivity contribution in [3.8, 4) is 0 Å². The second kappa shape index (κ2) is 5.64. The minimum absolute atomic E-state index is 0.0412. The molecular formula is C17H20N2O2. The van der Waals surface area contributed by atoms with Gasteiger partial charge in [-0.25, -0.2) is 0 Å². The van der Waals surface area contributed by atoms with Gasteiger partial charge in [0.15, 0.2) is 5.76 Å². The van der Waals surface area contributed by atoms with E-state index in [1.54, 1.807) is 6.07 Å². The molecule has 0 saturated heterocycles. The van der Waals surface area contributed by atoms with Gasteiger partial charge in [-0.3, -0.25) is 4.79 Å². The van der Waals surface area contributed by atoms with Crippen molar-refractivity contribution in [1.29, 1.82) is 0 Å². The van der Waals surface area contributed by atoms with Crippen LogP contribution in [0, 0.1) is 0 Å². The molecule has 0 unspecified atom stereocenters. The van der Waals surface area contributed by atoms with Crippen molar-refractivity contribution in [2.24, 2.45) is 0 Å². The average molecular weight is 284 g/mol. The van der Waals surface area contributed by atoms with Crippen LogP contribution in [-0.4, -0.2) is 16.8 Å². The molecule has 1 saturated carbocycles. The van der Waals surface area contributed by atoms with Crippen LogP contribution in [0.1, 0.15) is 41.6 Å². The maximum atomic E-state index is 12.7. The van der Waals surface area contributed by atoms with Gasteiger partial charge in [0.25, 0.3) is 5.91 Å². The van der Waals surface area contributed by atoms with Crippen molar-refractivity contribution >= 4 is 11.6 Å². The summed E-state index contributed by atoms with van der Waals surface area (Å²) in [6.45, 7) is 2.55. The van der Waals surface area contributed by atoms with Gasteiger partial charge in [-0.2, -0.15) is 0 Å². The molecular weight excluding hydrogens is 264 g/mol. The first kappa shape index (κ1) is 13.7. The number of aryl methyl sites for hydroxylation is 1. The standard InChI is InChI=1S/C17H20N2O2/c1-2-14-9-10-16(21-14)17(20)19(13-7-8-13)11-12-5-3-4-6-15(12)18/h3-6,9-10,13H,2,7-8,11,18H2,1H3.